The van der Waals surface area contributed by atoms with E-state index in [1.54, 1.807) is 46.9 Å². The van der Waals surface area contributed by atoms with Crippen LogP contribution < -0.4 is 14.8 Å². The zero-order chi connectivity index (χ0) is 25.8. The minimum Gasteiger partial charge on any atom is -0.501 e. The Morgan fingerprint density at radius 3 is 2.46 bits per heavy atom. The van der Waals surface area contributed by atoms with E-state index in [1.807, 2.05) is 35.1 Å². The maximum Gasteiger partial charge on any atom is 0.329 e. The van der Waals surface area contributed by atoms with Crippen molar-refractivity contribution in [2.45, 2.75) is 51.0 Å². The summed E-state index contributed by atoms with van der Waals surface area (Å²) in [7, 11) is -2.63. The Balaban J connectivity index is 1.97. The van der Waals surface area contributed by atoms with Crippen molar-refractivity contribution < 1.29 is 22.7 Å². The van der Waals surface area contributed by atoms with Crippen LogP contribution in [0.15, 0.2) is 59.2 Å². The first-order chi connectivity index (χ1) is 16.4. The summed E-state index contributed by atoms with van der Waals surface area (Å²) in [6, 6.07) is 9.44. The molecule has 2 amide bonds. The predicted molar refractivity (Wildman–Crippen MR) is 137 cm³/mol. The van der Waals surface area contributed by atoms with Crippen molar-refractivity contribution in [3.8, 4) is 23.8 Å². The van der Waals surface area contributed by atoms with E-state index in [1.165, 1.54) is 6.07 Å². The fraction of sp³-hybridized carbons (Fsp3) is 0.296. The van der Waals surface area contributed by atoms with Gasteiger partial charge >= 0.3 is 6.03 Å². The maximum atomic E-state index is 13.1. The number of terminal acetylenes is 1. The van der Waals surface area contributed by atoms with Gasteiger partial charge in [-0.25, -0.2) is 17.9 Å². The average molecular weight is 495 g/mol. The highest BCUT2D eigenvalue weighted by molar-refractivity contribution is 7.90. The van der Waals surface area contributed by atoms with Gasteiger partial charge in [-0.1, -0.05) is 24.1 Å². The molecule has 0 radical (unpaired) electrons. The predicted octanol–water partition coefficient (Wildman–Crippen LogP) is 5.26. The lowest BCUT2D eigenvalue weighted by Crippen LogP contribution is -2.48. The number of rotatable bonds is 6. The molecule has 184 valence electrons. The topological polar surface area (TPSA) is 93.7 Å². The number of allylic oxidation sites excluding steroid dienone is 4. The Hall–Kier alpha value is -3.70. The van der Waals surface area contributed by atoms with Crippen LogP contribution in [0.4, 0.5) is 4.79 Å². The fourth-order valence-corrected chi connectivity index (χ4v) is 4.61. The highest BCUT2D eigenvalue weighted by atomic mass is 32.2. The molecule has 0 saturated carbocycles. The summed E-state index contributed by atoms with van der Waals surface area (Å²) in [4.78, 5) is 12.1. The zero-order valence-electron chi connectivity index (χ0n) is 20.6. The lowest BCUT2D eigenvalue weighted by atomic mass is 9.96. The van der Waals surface area contributed by atoms with Crippen LogP contribution in [0.2, 0.25) is 0 Å². The van der Waals surface area contributed by atoms with Crippen molar-refractivity contribution in [3.05, 3.63) is 71.0 Å². The van der Waals surface area contributed by atoms with E-state index in [2.05, 4.69) is 11.2 Å². The number of nitrogens with one attached hydrogen (secondary N) is 2. The number of urea groups is 1. The Morgan fingerprint density at radius 1 is 1.11 bits per heavy atom. The van der Waals surface area contributed by atoms with Gasteiger partial charge in [-0.3, -0.25) is 0 Å². The molecule has 0 aliphatic heterocycles. The average Bonchev–Trinajstić information content (AvgIpc) is 2.77. The smallest absolute Gasteiger partial charge is 0.329 e. The number of methoxy groups -OCH3 is 1. The van der Waals surface area contributed by atoms with Gasteiger partial charge in [0.15, 0.2) is 0 Å². The van der Waals surface area contributed by atoms with Gasteiger partial charge in [-0.05, 0) is 81.2 Å². The van der Waals surface area contributed by atoms with E-state index in [-0.39, 0.29) is 10.6 Å². The largest absolute Gasteiger partial charge is 0.501 e. The third-order valence-electron chi connectivity index (χ3n) is 5.26. The van der Waals surface area contributed by atoms with Gasteiger partial charge in [0.2, 0.25) is 0 Å². The minimum absolute atomic E-state index is 0.0638. The molecule has 0 heterocycles. The number of aryl methyl sites for hydroxylation is 1. The van der Waals surface area contributed by atoms with E-state index < -0.39 is 21.6 Å². The van der Waals surface area contributed by atoms with Gasteiger partial charge in [0, 0.05) is 17.5 Å². The SMILES string of the molecule is C#Cc1cc(S(=O)(=O)NC(=O)NC(C)(C)C)c(Oc2cccc(C3=CC=C(OC)CC3)c2)cc1C. The number of hydrogen-bond donors (Lipinski definition) is 2. The summed E-state index contributed by atoms with van der Waals surface area (Å²) < 4.78 is 39.7. The summed E-state index contributed by atoms with van der Waals surface area (Å²) in [5.41, 5.74) is 2.50. The number of carbonyl (C=O) groups excluding carboxylic acids is 1. The van der Waals surface area contributed by atoms with Crippen molar-refractivity contribution in [3.63, 3.8) is 0 Å². The summed E-state index contributed by atoms with van der Waals surface area (Å²) in [6.45, 7) is 7.01. The highest BCUT2D eigenvalue weighted by Crippen LogP contribution is 2.34. The molecule has 0 aromatic heterocycles. The van der Waals surface area contributed by atoms with E-state index in [9.17, 15) is 13.2 Å². The Morgan fingerprint density at radius 2 is 1.86 bits per heavy atom. The molecule has 0 fully saturated rings. The zero-order valence-corrected chi connectivity index (χ0v) is 21.4. The van der Waals surface area contributed by atoms with Crippen molar-refractivity contribution >= 4 is 21.6 Å². The number of ether oxygens (including phenoxy) is 2. The molecule has 8 heteroatoms. The summed E-state index contributed by atoms with van der Waals surface area (Å²) >= 11 is 0. The van der Waals surface area contributed by atoms with Crippen molar-refractivity contribution in [2.75, 3.05) is 7.11 Å². The van der Waals surface area contributed by atoms with Crippen LogP contribution in [-0.2, 0) is 14.8 Å². The van der Waals surface area contributed by atoms with Crippen LogP contribution >= 0.6 is 0 Å². The van der Waals surface area contributed by atoms with Crippen molar-refractivity contribution in [2.24, 2.45) is 0 Å². The van der Waals surface area contributed by atoms with Crippen molar-refractivity contribution in [1.82, 2.24) is 10.0 Å². The van der Waals surface area contributed by atoms with Crippen LogP contribution in [0.5, 0.6) is 11.5 Å². The molecule has 1 aliphatic carbocycles. The van der Waals surface area contributed by atoms with Gasteiger partial charge in [-0.2, -0.15) is 0 Å². The van der Waals surface area contributed by atoms with Gasteiger partial charge < -0.3 is 14.8 Å². The first-order valence-corrected chi connectivity index (χ1v) is 12.6. The lowest BCUT2D eigenvalue weighted by molar-refractivity contribution is 0.237. The normalized spacial score (nSPS) is 13.7. The van der Waals surface area contributed by atoms with Crippen molar-refractivity contribution in [1.29, 1.82) is 0 Å². The van der Waals surface area contributed by atoms with Gasteiger partial charge in [-0.15, -0.1) is 6.42 Å². The molecule has 2 aromatic rings. The molecule has 2 aromatic carbocycles. The Kier molecular flexibility index (Phi) is 7.61. The van der Waals surface area contributed by atoms with Crippen LogP contribution in [0.3, 0.4) is 0 Å². The first kappa shape index (κ1) is 25.9. The summed E-state index contributed by atoms with van der Waals surface area (Å²) in [5.74, 6) is 3.91. The third kappa shape index (κ3) is 6.67. The molecule has 1 aliphatic rings. The van der Waals surface area contributed by atoms with Gasteiger partial charge in [0.1, 0.15) is 16.4 Å². The molecule has 0 saturated heterocycles. The first-order valence-electron chi connectivity index (χ1n) is 11.1. The van der Waals surface area contributed by atoms with E-state index >= 15 is 0 Å². The van der Waals surface area contributed by atoms with E-state index in [0.29, 0.717) is 16.9 Å². The molecule has 0 atom stereocenters. The van der Waals surface area contributed by atoms with Gasteiger partial charge in [0.05, 0.1) is 12.9 Å². The minimum atomic E-state index is -4.29. The molecule has 0 spiro atoms. The summed E-state index contributed by atoms with van der Waals surface area (Å²) in [5, 5.41) is 2.58. The van der Waals surface area contributed by atoms with E-state index in [0.717, 1.165) is 29.7 Å². The Bertz CT molecular complexity index is 1340. The van der Waals surface area contributed by atoms with Crippen LogP contribution in [0.25, 0.3) is 5.57 Å². The van der Waals surface area contributed by atoms with E-state index in [4.69, 9.17) is 15.9 Å². The number of benzene rings is 2. The number of hydrogen-bond acceptors (Lipinski definition) is 5. The second-order valence-corrected chi connectivity index (χ2v) is 10.9. The highest BCUT2D eigenvalue weighted by Gasteiger charge is 2.26. The van der Waals surface area contributed by atoms with Crippen LogP contribution in [0.1, 0.15) is 50.3 Å². The van der Waals surface area contributed by atoms with Gasteiger partial charge in [0.25, 0.3) is 10.0 Å². The summed E-state index contributed by atoms with van der Waals surface area (Å²) in [6.07, 6.45) is 11.1. The molecular formula is C27H30N2O5S. The number of amides is 2. The third-order valence-corrected chi connectivity index (χ3v) is 6.61. The molecule has 7 nitrogen and oxygen atoms in total. The molecule has 0 bridgehead atoms. The maximum absolute atomic E-state index is 13.1. The van der Waals surface area contributed by atoms with Crippen LogP contribution in [-0.4, -0.2) is 27.1 Å². The molecule has 2 N–H and O–H groups in total. The molecular weight excluding hydrogens is 464 g/mol. The van der Waals surface area contributed by atoms with Crippen LogP contribution in [0, 0.1) is 19.3 Å². The second kappa shape index (κ2) is 10.3. The lowest BCUT2D eigenvalue weighted by Gasteiger charge is -2.21. The second-order valence-electron chi connectivity index (χ2n) is 9.23. The molecule has 35 heavy (non-hydrogen) atoms. The standard InChI is InChI=1S/C27H30N2O5S/c1-7-19-17-25(35(31,32)29-26(30)28-27(3,4)5)24(15-18(19)2)34-23-10-8-9-21(16-23)20-11-13-22(33-6)14-12-20/h1,8-11,13,15-17H,12,14H2,2-6H3,(H2,28,29,30). The Labute approximate surface area is 207 Å². The molecule has 3 rings (SSSR count). The number of carbonyl (C=O) groups is 1. The molecule has 0 unspecified atom stereocenters. The fourth-order valence-electron chi connectivity index (χ4n) is 3.57. The number of sulfonamides is 1. The quantitative estimate of drug-likeness (QED) is 0.534. The monoisotopic (exact) mass is 494 g/mol.